The fraction of sp³-hybridized carbons (Fsp3) is 0.667. The number of nitrogens with one attached hydrogen (secondary N) is 1. The van der Waals surface area contributed by atoms with Crippen molar-refractivity contribution in [3.63, 3.8) is 0 Å². The van der Waals surface area contributed by atoms with Crippen LogP contribution >= 0.6 is 0 Å². The molecule has 2 N–H and O–H groups in total. The number of hydrogen-bond donors (Lipinski definition) is 2. The van der Waals surface area contributed by atoms with Crippen molar-refractivity contribution in [2.75, 3.05) is 0 Å². The molecule has 0 aliphatic carbocycles. The molecule has 1 amide bonds. The Balaban J connectivity index is 2.77. The summed E-state index contributed by atoms with van der Waals surface area (Å²) in [6, 6.07) is 0.884. The molecule has 0 radical (unpaired) electrons. The van der Waals surface area contributed by atoms with E-state index in [1.54, 1.807) is 13.1 Å². The fourth-order valence-corrected chi connectivity index (χ4v) is 2.15. The Morgan fingerprint density at radius 2 is 2.10 bits per heavy atom. The largest absolute Gasteiger partial charge is 0.480 e. The van der Waals surface area contributed by atoms with Gasteiger partial charge in [0.2, 0.25) is 0 Å². The molecule has 0 aliphatic rings. The van der Waals surface area contributed by atoms with E-state index in [4.69, 9.17) is 5.11 Å². The minimum Gasteiger partial charge on any atom is -0.480 e. The molecule has 1 rings (SSSR count). The summed E-state index contributed by atoms with van der Waals surface area (Å²) in [6.07, 6.45) is 2.89. The maximum Gasteiger partial charge on any atom is 0.326 e. The van der Waals surface area contributed by atoms with E-state index in [0.717, 1.165) is 25.0 Å². The van der Waals surface area contributed by atoms with Crippen molar-refractivity contribution >= 4 is 11.9 Å². The number of rotatable bonds is 8. The average Bonchev–Trinajstić information content (AvgIpc) is 2.73. The monoisotopic (exact) mass is 295 g/mol. The van der Waals surface area contributed by atoms with Crippen molar-refractivity contribution in [2.45, 2.75) is 52.5 Å². The Hall–Kier alpha value is -1.85. The number of carboxylic acid groups (broad SMARTS) is 1. The number of aryl methyl sites for hydroxylation is 1. The second kappa shape index (κ2) is 7.81. The van der Waals surface area contributed by atoms with Gasteiger partial charge in [-0.25, -0.2) is 4.79 Å². The quantitative estimate of drug-likeness (QED) is 0.768. The molecule has 0 saturated carbocycles. The molecule has 0 fully saturated rings. The van der Waals surface area contributed by atoms with Gasteiger partial charge in [-0.1, -0.05) is 33.6 Å². The third-order valence-corrected chi connectivity index (χ3v) is 3.23. The number of unbranched alkanes of at least 4 members (excludes halogenated alkanes) is 1. The number of amides is 1. The van der Waals surface area contributed by atoms with Crippen LogP contribution in [0.5, 0.6) is 0 Å². The van der Waals surface area contributed by atoms with Gasteiger partial charge >= 0.3 is 5.97 Å². The maximum atomic E-state index is 12.2. The van der Waals surface area contributed by atoms with Crippen LogP contribution in [0, 0.1) is 5.92 Å². The topological polar surface area (TPSA) is 84.2 Å². The van der Waals surface area contributed by atoms with Crippen molar-refractivity contribution < 1.29 is 14.7 Å². The lowest BCUT2D eigenvalue weighted by Gasteiger charge is -2.13. The summed E-state index contributed by atoms with van der Waals surface area (Å²) in [7, 11) is 1.69. The van der Waals surface area contributed by atoms with Crippen molar-refractivity contribution in [3.05, 3.63) is 17.5 Å². The predicted octanol–water partition coefficient (Wildman–Crippen LogP) is 1.99. The Labute approximate surface area is 125 Å². The van der Waals surface area contributed by atoms with Gasteiger partial charge in [-0.05, 0) is 24.8 Å². The molecule has 0 spiro atoms. The van der Waals surface area contributed by atoms with Gasteiger partial charge in [-0.3, -0.25) is 9.48 Å². The molecule has 0 aromatic carbocycles. The number of hydrogen-bond acceptors (Lipinski definition) is 3. The van der Waals surface area contributed by atoms with Gasteiger partial charge in [-0.2, -0.15) is 5.10 Å². The van der Waals surface area contributed by atoms with Gasteiger partial charge in [0.15, 0.2) is 0 Å². The van der Waals surface area contributed by atoms with Gasteiger partial charge in [0.1, 0.15) is 11.7 Å². The van der Waals surface area contributed by atoms with Crippen molar-refractivity contribution in [1.29, 1.82) is 0 Å². The van der Waals surface area contributed by atoms with E-state index in [9.17, 15) is 9.59 Å². The first-order valence-electron chi connectivity index (χ1n) is 7.41. The van der Waals surface area contributed by atoms with Crippen LogP contribution in [-0.2, 0) is 18.3 Å². The molecule has 0 saturated heterocycles. The molecule has 6 heteroatoms. The number of nitrogens with zero attached hydrogens (tertiary/aromatic N) is 2. The SMILES string of the molecule is CCCC[C@@H](NC(=O)c1cc(CC(C)C)nn1C)C(=O)O. The minimum absolute atomic E-state index is 0.386. The first kappa shape index (κ1) is 17.2. The summed E-state index contributed by atoms with van der Waals surface area (Å²) < 4.78 is 1.51. The van der Waals surface area contributed by atoms with Gasteiger partial charge in [-0.15, -0.1) is 0 Å². The molecular formula is C15H25N3O3. The van der Waals surface area contributed by atoms with Crippen LogP contribution < -0.4 is 5.32 Å². The molecule has 1 aromatic rings. The summed E-state index contributed by atoms with van der Waals surface area (Å²) in [4.78, 5) is 23.4. The lowest BCUT2D eigenvalue weighted by Crippen LogP contribution is -2.41. The van der Waals surface area contributed by atoms with E-state index in [0.29, 0.717) is 18.0 Å². The van der Waals surface area contributed by atoms with Gasteiger partial charge in [0, 0.05) is 7.05 Å². The number of carboxylic acids is 1. The highest BCUT2D eigenvalue weighted by molar-refractivity contribution is 5.95. The smallest absolute Gasteiger partial charge is 0.326 e. The van der Waals surface area contributed by atoms with Crippen molar-refractivity contribution in [1.82, 2.24) is 15.1 Å². The van der Waals surface area contributed by atoms with E-state index >= 15 is 0 Å². The fourth-order valence-electron chi connectivity index (χ4n) is 2.15. The minimum atomic E-state index is -0.999. The Morgan fingerprint density at radius 3 is 2.62 bits per heavy atom. The second-order valence-electron chi connectivity index (χ2n) is 5.75. The van der Waals surface area contributed by atoms with Crippen LogP contribution in [-0.4, -0.2) is 32.8 Å². The molecule has 1 heterocycles. The summed E-state index contributed by atoms with van der Waals surface area (Å²) >= 11 is 0. The van der Waals surface area contributed by atoms with Crippen LogP contribution in [0.4, 0.5) is 0 Å². The number of aliphatic carboxylic acids is 1. The van der Waals surface area contributed by atoms with E-state index in [1.807, 2.05) is 6.92 Å². The average molecular weight is 295 g/mol. The third-order valence-electron chi connectivity index (χ3n) is 3.23. The van der Waals surface area contributed by atoms with Crippen molar-refractivity contribution in [3.8, 4) is 0 Å². The zero-order chi connectivity index (χ0) is 16.0. The Morgan fingerprint density at radius 1 is 1.43 bits per heavy atom. The van der Waals surface area contributed by atoms with E-state index < -0.39 is 12.0 Å². The Bertz CT molecular complexity index is 494. The highest BCUT2D eigenvalue weighted by Crippen LogP contribution is 2.10. The van der Waals surface area contributed by atoms with Crippen LogP contribution in [0.2, 0.25) is 0 Å². The van der Waals surface area contributed by atoms with E-state index in [2.05, 4.69) is 24.3 Å². The van der Waals surface area contributed by atoms with Gasteiger partial charge in [0.25, 0.3) is 5.91 Å². The van der Waals surface area contributed by atoms with Crippen LogP contribution in [0.1, 0.15) is 56.2 Å². The molecule has 118 valence electrons. The van der Waals surface area contributed by atoms with E-state index in [1.165, 1.54) is 4.68 Å². The van der Waals surface area contributed by atoms with Crippen molar-refractivity contribution in [2.24, 2.45) is 13.0 Å². The van der Waals surface area contributed by atoms with Crippen LogP contribution in [0.15, 0.2) is 6.07 Å². The van der Waals surface area contributed by atoms with E-state index in [-0.39, 0.29) is 5.91 Å². The maximum absolute atomic E-state index is 12.2. The molecule has 1 atom stereocenters. The zero-order valence-corrected chi connectivity index (χ0v) is 13.2. The van der Waals surface area contributed by atoms with Gasteiger partial charge in [0.05, 0.1) is 5.69 Å². The first-order valence-corrected chi connectivity index (χ1v) is 7.41. The predicted molar refractivity (Wildman–Crippen MR) is 80.2 cm³/mol. The molecule has 0 aliphatic heterocycles. The second-order valence-corrected chi connectivity index (χ2v) is 5.75. The highest BCUT2D eigenvalue weighted by Gasteiger charge is 2.22. The normalized spacial score (nSPS) is 12.4. The third kappa shape index (κ3) is 5.21. The lowest BCUT2D eigenvalue weighted by molar-refractivity contribution is -0.139. The molecule has 21 heavy (non-hydrogen) atoms. The molecule has 0 bridgehead atoms. The summed E-state index contributed by atoms with van der Waals surface area (Å²) in [6.45, 7) is 6.15. The van der Waals surface area contributed by atoms with Crippen LogP contribution in [0.3, 0.4) is 0 Å². The Kier molecular flexibility index (Phi) is 6.39. The zero-order valence-electron chi connectivity index (χ0n) is 13.2. The number of carbonyl (C=O) groups is 2. The lowest BCUT2D eigenvalue weighted by atomic mass is 10.1. The standard InChI is InChI=1S/C15H25N3O3/c1-5-6-7-12(15(20)21)16-14(19)13-9-11(8-10(2)3)17-18(13)4/h9-10,12H,5-8H2,1-4H3,(H,16,19)(H,20,21)/t12-/m1/s1. The molecular weight excluding hydrogens is 270 g/mol. The van der Waals surface area contributed by atoms with Crippen LogP contribution in [0.25, 0.3) is 0 Å². The van der Waals surface area contributed by atoms with Gasteiger partial charge < -0.3 is 10.4 Å². The first-order chi connectivity index (χ1) is 9.85. The summed E-state index contributed by atoms with van der Waals surface area (Å²) in [5.41, 5.74) is 1.24. The summed E-state index contributed by atoms with van der Waals surface area (Å²) in [5, 5.41) is 16.0. The molecule has 0 unspecified atom stereocenters. The number of aromatic nitrogens is 2. The molecule has 1 aromatic heterocycles. The summed E-state index contributed by atoms with van der Waals surface area (Å²) in [5.74, 6) is -0.933. The number of carbonyl (C=O) groups excluding carboxylic acids is 1. The molecule has 6 nitrogen and oxygen atoms in total. The highest BCUT2D eigenvalue weighted by atomic mass is 16.4.